The van der Waals surface area contributed by atoms with Crippen molar-refractivity contribution in [1.82, 2.24) is 4.57 Å². The van der Waals surface area contributed by atoms with E-state index in [1.807, 2.05) is 0 Å². The zero-order valence-corrected chi connectivity index (χ0v) is 31.5. The molecule has 0 aliphatic rings. The van der Waals surface area contributed by atoms with Gasteiger partial charge in [-0.1, -0.05) is 188 Å². The zero-order chi connectivity index (χ0) is 37.7. The van der Waals surface area contributed by atoms with E-state index in [2.05, 4.69) is 223 Å². The Kier molecular flexibility index (Phi) is 8.03. The highest BCUT2D eigenvalue weighted by atomic mass is 15.0. The topological polar surface area (TPSA) is 4.93 Å². The van der Waals surface area contributed by atoms with E-state index in [0.717, 1.165) is 6.42 Å². The Labute approximate surface area is 332 Å². The Bertz CT molecular complexity index is 3150. The number of fused-ring (bicyclic) bond motifs is 9. The summed E-state index contributed by atoms with van der Waals surface area (Å²) < 4.78 is 2.38. The van der Waals surface area contributed by atoms with Gasteiger partial charge < -0.3 is 4.57 Å². The van der Waals surface area contributed by atoms with E-state index < -0.39 is 0 Å². The molecule has 0 spiro atoms. The van der Waals surface area contributed by atoms with Crippen LogP contribution < -0.4 is 0 Å². The highest BCUT2D eigenvalue weighted by molar-refractivity contribution is 6.25. The minimum Gasteiger partial charge on any atom is -0.309 e. The third-order valence-electron chi connectivity index (χ3n) is 12.0. The molecule has 0 aliphatic carbocycles. The Morgan fingerprint density at radius 1 is 0.298 bits per heavy atom. The molecule has 0 radical (unpaired) electrons. The van der Waals surface area contributed by atoms with Crippen molar-refractivity contribution in [2.24, 2.45) is 0 Å². The first-order valence-corrected chi connectivity index (χ1v) is 19.9. The fourth-order valence-electron chi connectivity index (χ4n) is 9.21. The van der Waals surface area contributed by atoms with Gasteiger partial charge in [0.25, 0.3) is 0 Å². The maximum Gasteiger partial charge on any atom is 0.0541 e. The van der Waals surface area contributed by atoms with Gasteiger partial charge in [-0.25, -0.2) is 0 Å². The molecule has 0 aliphatic heterocycles. The second-order valence-corrected chi connectivity index (χ2v) is 15.3. The van der Waals surface area contributed by atoms with Gasteiger partial charge in [-0.2, -0.15) is 0 Å². The van der Waals surface area contributed by atoms with Crippen molar-refractivity contribution in [3.8, 4) is 27.9 Å². The molecule has 0 amide bonds. The first kappa shape index (κ1) is 33.1. The van der Waals surface area contributed by atoms with E-state index in [-0.39, 0.29) is 5.92 Å². The number of hydrogen-bond donors (Lipinski definition) is 0. The number of para-hydroxylation sites is 2. The van der Waals surface area contributed by atoms with E-state index in [1.54, 1.807) is 0 Å². The Hall–Kier alpha value is -7.22. The van der Waals surface area contributed by atoms with Crippen LogP contribution in [0.5, 0.6) is 0 Å². The number of aromatic nitrogens is 1. The molecule has 0 fully saturated rings. The lowest BCUT2D eigenvalue weighted by Crippen LogP contribution is -2.06. The highest BCUT2D eigenvalue weighted by Gasteiger charge is 2.19. The summed E-state index contributed by atoms with van der Waals surface area (Å²) in [4.78, 5) is 0. The van der Waals surface area contributed by atoms with Crippen LogP contribution in [0.3, 0.4) is 0 Å². The van der Waals surface area contributed by atoms with Gasteiger partial charge in [0.05, 0.1) is 11.0 Å². The smallest absolute Gasteiger partial charge is 0.0541 e. The average Bonchev–Trinajstić information content (AvgIpc) is 3.63. The largest absolute Gasteiger partial charge is 0.309 e. The quantitative estimate of drug-likeness (QED) is 0.144. The third-order valence-corrected chi connectivity index (χ3v) is 12.0. The molecule has 268 valence electrons. The summed E-state index contributed by atoms with van der Waals surface area (Å²) >= 11 is 0. The zero-order valence-electron chi connectivity index (χ0n) is 31.5. The summed E-state index contributed by atoms with van der Waals surface area (Å²) in [6.45, 7) is 0. The van der Waals surface area contributed by atoms with Crippen LogP contribution in [0.1, 0.15) is 22.6 Å². The van der Waals surface area contributed by atoms with Crippen LogP contribution in [0.4, 0.5) is 0 Å². The van der Waals surface area contributed by atoms with E-state index in [0.29, 0.717) is 0 Å². The summed E-state index contributed by atoms with van der Waals surface area (Å²) in [5.41, 5.74) is 12.5. The molecule has 1 aromatic heterocycles. The Morgan fingerprint density at radius 3 is 1.37 bits per heavy atom. The number of benzene rings is 10. The van der Waals surface area contributed by atoms with Gasteiger partial charge in [0, 0.05) is 22.4 Å². The van der Waals surface area contributed by atoms with E-state index in [9.17, 15) is 0 Å². The van der Waals surface area contributed by atoms with Crippen LogP contribution >= 0.6 is 0 Å². The van der Waals surface area contributed by atoms with Gasteiger partial charge in [0.1, 0.15) is 0 Å². The Balaban J connectivity index is 0.969. The minimum absolute atomic E-state index is 0.166. The summed E-state index contributed by atoms with van der Waals surface area (Å²) in [7, 11) is 0. The molecule has 0 bridgehead atoms. The maximum absolute atomic E-state index is 2.47. The molecule has 1 heteroatoms. The van der Waals surface area contributed by atoms with E-state index in [4.69, 9.17) is 0 Å². The second kappa shape index (κ2) is 13.8. The lowest BCUT2D eigenvalue weighted by Gasteiger charge is -2.21. The molecular formula is C56H39N. The average molecular weight is 726 g/mol. The molecule has 57 heavy (non-hydrogen) atoms. The van der Waals surface area contributed by atoms with Gasteiger partial charge in [-0.15, -0.1) is 0 Å². The molecule has 11 aromatic rings. The van der Waals surface area contributed by atoms with Gasteiger partial charge in [-0.05, 0) is 108 Å². The molecule has 0 N–H and O–H groups in total. The van der Waals surface area contributed by atoms with Crippen LogP contribution in [0.25, 0.3) is 82.1 Å². The predicted octanol–water partition coefficient (Wildman–Crippen LogP) is 15.0. The Morgan fingerprint density at radius 2 is 0.754 bits per heavy atom. The molecule has 1 atom stereocenters. The first-order valence-electron chi connectivity index (χ1n) is 19.9. The molecule has 1 heterocycles. The van der Waals surface area contributed by atoms with Gasteiger partial charge >= 0.3 is 0 Å². The number of rotatable bonds is 7. The van der Waals surface area contributed by atoms with Crippen LogP contribution in [-0.4, -0.2) is 4.57 Å². The maximum atomic E-state index is 2.47. The molecule has 11 rings (SSSR count). The van der Waals surface area contributed by atoms with Gasteiger partial charge in [0.15, 0.2) is 0 Å². The van der Waals surface area contributed by atoms with Crippen molar-refractivity contribution >= 4 is 54.1 Å². The molecule has 1 nitrogen and oxygen atoms in total. The number of hydrogen-bond acceptors (Lipinski definition) is 0. The SMILES string of the molecule is c1ccc(-c2cccc(C(Cc3ccc(-c4ccc(-n5c6ccccc6c6ccccc65)cc4)cc3)c3ccc4c5ccccc5c5ccccc5c4c3)c2)cc1. The third kappa shape index (κ3) is 5.79. The van der Waals surface area contributed by atoms with Crippen molar-refractivity contribution in [1.29, 1.82) is 0 Å². The van der Waals surface area contributed by atoms with Crippen molar-refractivity contribution < 1.29 is 0 Å². The van der Waals surface area contributed by atoms with Crippen molar-refractivity contribution in [2.45, 2.75) is 12.3 Å². The second-order valence-electron chi connectivity index (χ2n) is 15.3. The summed E-state index contributed by atoms with van der Waals surface area (Å²) in [6, 6.07) is 80.5. The summed E-state index contributed by atoms with van der Waals surface area (Å²) in [5, 5.41) is 10.4. The molecule has 1 unspecified atom stereocenters. The van der Waals surface area contributed by atoms with Crippen LogP contribution in [0.2, 0.25) is 0 Å². The van der Waals surface area contributed by atoms with Crippen LogP contribution in [-0.2, 0) is 6.42 Å². The van der Waals surface area contributed by atoms with Gasteiger partial charge in [-0.3, -0.25) is 0 Å². The summed E-state index contributed by atoms with van der Waals surface area (Å²) in [6.07, 6.45) is 0.891. The minimum atomic E-state index is 0.166. The predicted molar refractivity (Wildman–Crippen MR) is 243 cm³/mol. The fourth-order valence-corrected chi connectivity index (χ4v) is 9.21. The lowest BCUT2D eigenvalue weighted by atomic mass is 9.83. The standard InChI is InChI=1S/C56H39N/c1-2-13-39(14-3-1)42-15-12-16-43(36-42)53(44-31-34-50-48-19-5-4-17-46(48)47-18-6-7-20-49(47)54(50)37-44)35-38-25-27-40(28-26-38)41-29-32-45(33-30-41)57-55-23-10-8-21-51(55)52-22-9-11-24-56(52)57/h1-34,36-37,53H,35H2. The highest BCUT2D eigenvalue weighted by Crippen LogP contribution is 2.39. The van der Waals surface area contributed by atoms with Gasteiger partial charge in [0.2, 0.25) is 0 Å². The molecule has 0 saturated carbocycles. The van der Waals surface area contributed by atoms with Crippen LogP contribution in [0, 0.1) is 0 Å². The molecular weight excluding hydrogens is 687 g/mol. The number of nitrogens with zero attached hydrogens (tertiary/aromatic N) is 1. The normalized spacial score (nSPS) is 12.2. The first-order chi connectivity index (χ1) is 28.3. The van der Waals surface area contributed by atoms with E-state index >= 15 is 0 Å². The molecule has 0 saturated heterocycles. The monoisotopic (exact) mass is 725 g/mol. The van der Waals surface area contributed by atoms with E-state index in [1.165, 1.54) is 98.8 Å². The molecule has 10 aromatic carbocycles. The van der Waals surface area contributed by atoms with Crippen molar-refractivity contribution in [2.75, 3.05) is 0 Å². The fraction of sp³-hybridized carbons (Fsp3) is 0.0357. The van der Waals surface area contributed by atoms with Crippen molar-refractivity contribution in [3.05, 3.63) is 235 Å². The van der Waals surface area contributed by atoms with Crippen LogP contribution in [0.15, 0.2) is 218 Å². The summed E-state index contributed by atoms with van der Waals surface area (Å²) in [5.74, 6) is 0.166. The lowest BCUT2D eigenvalue weighted by molar-refractivity contribution is 0.807. The van der Waals surface area contributed by atoms with Crippen molar-refractivity contribution in [3.63, 3.8) is 0 Å².